The Balaban J connectivity index is 1.62. The van der Waals surface area contributed by atoms with Crippen LogP contribution < -0.4 is 16.4 Å². The van der Waals surface area contributed by atoms with Crippen molar-refractivity contribution in [2.45, 2.75) is 6.42 Å². The second-order valence-electron chi connectivity index (χ2n) is 8.50. The van der Waals surface area contributed by atoms with Gasteiger partial charge in [-0.1, -0.05) is 6.07 Å². The number of aromatic nitrogens is 4. The number of nitrogens with zero attached hydrogens (tertiary/aromatic N) is 6. The zero-order valence-corrected chi connectivity index (χ0v) is 19.9. The summed E-state index contributed by atoms with van der Waals surface area (Å²) in [4.78, 5) is 33.0. The summed E-state index contributed by atoms with van der Waals surface area (Å²) < 4.78 is 14.4. The highest BCUT2D eigenvalue weighted by Gasteiger charge is 2.27. The number of halogens is 1. The van der Waals surface area contributed by atoms with Gasteiger partial charge < -0.3 is 21.3 Å². The van der Waals surface area contributed by atoms with Crippen LogP contribution in [-0.4, -0.2) is 63.5 Å². The molecule has 37 heavy (non-hydrogen) atoms. The maximum atomic E-state index is 14.4. The predicted molar refractivity (Wildman–Crippen MR) is 137 cm³/mol. The van der Waals surface area contributed by atoms with Crippen molar-refractivity contribution in [2.75, 3.05) is 43.8 Å². The van der Waals surface area contributed by atoms with Gasteiger partial charge in [0.05, 0.1) is 22.5 Å². The van der Waals surface area contributed by atoms with Crippen LogP contribution in [0.3, 0.4) is 0 Å². The monoisotopic (exact) mass is 497 g/mol. The Morgan fingerprint density at radius 2 is 2.03 bits per heavy atom. The fourth-order valence-corrected chi connectivity index (χ4v) is 4.44. The largest absolute Gasteiger partial charge is 0.382 e. The van der Waals surface area contributed by atoms with Gasteiger partial charge >= 0.3 is 0 Å². The number of nitrogens with one attached hydrogen (secondary N) is 2. The maximum Gasteiger partial charge on any atom is 0.255 e. The summed E-state index contributed by atoms with van der Waals surface area (Å²) in [5.74, 6) is -0.238. The van der Waals surface area contributed by atoms with Crippen molar-refractivity contribution in [3.05, 3.63) is 71.6 Å². The molecule has 1 aromatic carbocycles. The van der Waals surface area contributed by atoms with Gasteiger partial charge in [0.1, 0.15) is 35.4 Å². The number of hydrogen-bond donors (Lipinski definition) is 3. The molecule has 4 heterocycles. The molecule has 4 aromatic rings. The van der Waals surface area contributed by atoms with E-state index in [9.17, 15) is 14.4 Å². The van der Waals surface area contributed by atoms with E-state index in [1.165, 1.54) is 18.5 Å². The SMILES string of the molecule is N#Cc1c(N)ncnc1NCCc1nc2ccc(F)cc2c(C(=O)N2CCNCC2)c1-c1ccccn1. The van der Waals surface area contributed by atoms with E-state index < -0.39 is 5.82 Å². The number of carbonyl (C=O) groups is 1. The van der Waals surface area contributed by atoms with Gasteiger partial charge in [-0.2, -0.15) is 5.26 Å². The first kappa shape index (κ1) is 24.0. The molecule has 1 saturated heterocycles. The standard InChI is InChI=1S/C26H24FN9O/c27-16-4-5-19-17(13-16)22(26(37)36-11-9-30-10-12-36)23(20-3-1-2-7-31-20)21(35-19)6-8-32-25-18(14-28)24(29)33-15-34-25/h1-5,7,13,15,30H,6,8-12H2,(H3,29,32,33,34). The molecule has 0 atom stereocenters. The molecule has 3 aromatic heterocycles. The molecule has 1 amide bonds. The van der Waals surface area contributed by atoms with Crippen molar-refractivity contribution in [1.29, 1.82) is 5.26 Å². The molecule has 0 unspecified atom stereocenters. The normalized spacial score (nSPS) is 13.4. The van der Waals surface area contributed by atoms with Crippen LogP contribution in [-0.2, 0) is 6.42 Å². The quantitative estimate of drug-likeness (QED) is 0.365. The van der Waals surface area contributed by atoms with Crippen LogP contribution in [0.15, 0.2) is 48.9 Å². The lowest BCUT2D eigenvalue weighted by atomic mass is 9.94. The predicted octanol–water partition coefficient (Wildman–Crippen LogP) is 2.38. The number of piperazine rings is 1. The third kappa shape index (κ3) is 4.87. The number of pyridine rings is 2. The van der Waals surface area contributed by atoms with E-state index in [4.69, 9.17) is 10.7 Å². The average molecular weight is 498 g/mol. The molecule has 0 radical (unpaired) electrons. The zero-order chi connectivity index (χ0) is 25.8. The lowest BCUT2D eigenvalue weighted by Crippen LogP contribution is -2.46. The minimum atomic E-state index is -0.449. The zero-order valence-electron chi connectivity index (χ0n) is 19.9. The molecular formula is C26H24FN9O. The van der Waals surface area contributed by atoms with Gasteiger partial charge in [-0.25, -0.2) is 14.4 Å². The first-order chi connectivity index (χ1) is 18.1. The third-order valence-electron chi connectivity index (χ3n) is 6.20. The molecule has 0 spiro atoms. The molecule has 11 heteroatoms. The van der Waals surface area contributed by atoms with Crippen molar-refractivity contribution >= 4 is 28.4 Å². The highest BCUT2D eigenvalue weighted by Crippen LogP contribution is 2.33. The minimum absolute atomic E-state index is 0.0870. The van der Waals surface area contributed by atoms with Crippen molar-refractivity contribution in [2.24, 2.45) is 0 Å². The molecule has 0 saturated carbocycles. The van der Waals surface area contributed by atoms with Crippen LogP contribution in [0.5, 0.6) is 0 Å². The van der Waals surface area contributed by atoms with Gasteiger partial charge in [0, 0.05) is 56.3 Å². The molecule has 4 N–H and O–H groups in total. The number of hydrogen-bond acceptors (Lipinski definition) is 9. The number of carbonyl (C=O) groups excluding carboxylic acids is 1. The van der Waals surface area contributed by atoms with Crippen molar-refractivity contribution in [3.63, 3.8) is 0 Å². The minimum Gasteiger partial charge on any atom is -0.382 e. The lowest BCUT2D eigenvalue weighted by Gasteiger charge is -2.29. The highest BCUT2D eigenvalue weighted by molar-refractivity contribution is 6.11. The summed E-state index contributed by atoms with van der Waals surface area (Å²) >= 11 is 0. The first-order valence-corrected chi connectivity index (χ1v) is 11.8. The Labute approximate surface area is 212 Å². The molecule has 5 rings (SSSR count). The van der Waals surface area contributed by atoms with Gasteiger partial charge in [-0.05, 0) is 30.3 Å². The second kappa shape index (κ2) is 10.5. The molecular weight excluding hydrogens is 473 g/mol. The van der Waals surface area contributed by atoms with Crippen molar-refractivity contribution < 1.29 is 9.18 Å². The van der Waals surface area contributed by atoms with Crippen LogP contribution >= 0.6 is 0 Å². The highest BCUT2D eigenvalue weighted by atomic mass is 19.1. The second-order valence-corrected chi connectivity index (χ2v) is 8.50. The Bertz CT molecular complexity index is 1500. The number of nitrogen functional groups attached to an aromatic ring is 1. The smallest absolute Gasteiger partial charge is 0.255 e. The van der Waals surface area contributed by atoms with E-state index in [0.29, 0.717) is 78.4 Å². The number of fused-ring (bicyclic) bond motifs is 1. The van der Waals surface area contributed by atoms with Crippen LogP contribution in [0.1, 0.15) is 21.6 Å². The van der Waals surface area contributed by atoms with E-state index >= 15 is 0 Å². The average Bonchev–Trinajstić information content (AvgIpc) is 2.93. The summed E-state index contributed by atoms with van der Waals surface area (Å²) in [5, 5.41) is 16.2. The van der Waals surface area contributed by atoms with Gasteiger partial charge in [0.2, 0.25) is 0 Å². The van der Waals surface area contributed by atoms with Crippen molar-refractivity contribution in [3.8, 4) is 17.3 Å². The number of nitrogens with two attached hydrogens (primary N) is 1. The van der Waals surface area contributed by atoms with Gasteiger partial charge in [0.15, 0.2) is 0 Å². The van der Waals surface area contributed by atoms with Gasteiger partial charge in [-0.15, -0.1) is 0 Å². The van der Waals surface area contributed by atoms with E-state index in [0.717, 1.165) is 0 Å². The molecule has 1 fully saturated rings. The Morgan fingerprint density at radius 3 is 2.78 bits per heavy atom. The number of benzene rings is 1. The molecule has 186 valence electrons. The van der Waals surface area contributed by atoms with Gasteiger partial charge in [0.25, 0.3) is 5.91 Å². The summed E-state index contributed by atoms with van der Waals surface area (Å²) in [6, 6.07) is 11.7. The Morgan fingerprint density at radius 1 is 1.19 bits per heavy atom. The maximum absolute atomic E-state index is 14.4. The summed E-state index contributed by atoms with van der Waals surface area (Å²) in [6.45, 7) is 2.79. The lowest BCUT2D eigenvalue weighted by molar-refractivity contribution is 0.0738. The summed E-state index contributed by atoms with van der Waals surface area (Å²) in [7, 11) is 0. The topological polar surface area (TPSA) is 146 Å². The van der Waals surface area contributed by atoms with Crippen LogP contribution in [0.2, 0.25) is 0 Å². The number of rotatable bonds is 6. The summed E-state index contributed by atoms with van der Waals surface area (Å²) in [6.07, 6.45) is 3.30. The van der Waals surface area contributed by atoms with Crippen LogP contribution in [0.25, 0.3) is 22.2 Å². The molecule has 0 aliphatic carbocycles. The fraction of sp³-hybridized carbons (Fsp3) is 0.231. The number of nitriles is 1. The van der Waals surface area contributed by atoms with Gasteiger partial charge in [-0.3, -0.25) is 14.8 Å². The van der Waals surface area contributed by atoms with Crippen LogP contribution in [0, 0.1) is 17.1 Å². The molecule has 10 nitrogen and oxygen atoms in total. The van der Waals surface area contributed by atoms with E-state index in [2.05, 4.69) is 25.6 Å². The molecule has 1 aliphatic rings. The van der Waals surface area contributed by atoms with E-state index in [1.54, 1.807) is 23.2 Å². The van der Waals surface area contributed by atoms with Crippen molar-refractivity contribution in [1.82, 2.24) is 30.2 Å². The Kier molecular flexibility index (Phi) is 6.83. The van der Waals surface area contributed by atoms with E-state index in [1.807, 2.05) is 18.2 Å². The van der Waals surface area contributed by atoms with E-state index in [-0.39, 0.29) is 17.3 Å². The Hall–Kier alpha value is -4.69. The number of anilines is 2. The molecule has 0 bridgehead atoms. The molecule has 1 aliphatic heterocycles. The van der Waals surface area contributed by atoms with Crippen LogP contribution in [0.4, 0.5) is 16.0 Å². The summed E-state index contributed by atoms with van der Waals surface area (Å²) in [5.41, 5.74) is 8.59. The number of amides is 1. The third-order valence-corrected chi connectivity index (χ3v) is 6.20. The fourth-order valence-electron chi connectivity index (χ4n) is 4.44. The first-order valence-electron chi connectivity index (χ1n) is 11.8.